The predicted molar refractivity (Wildman–Crippen MR) is 86.5 cm³/mol. The lowest BCUT2D eigenvalue weighted by Gasteiger charge is -2.12. The Kier molecular flexibility index (Phi) is 5.27. The van der Waals surface area contributed by atoms with Crippen molar-refractivity contribution in [1.29, 1.82) is 0 Å². The fourth-order valence-corrected chi connectivity index (χ4v) is 2.55. The van der Waals surface area contributed by atoms with Gasteiger partial charge in [0.25, 0.3) is 0 Å². The first-order chi connectivity index (χ1) is 10.1. The number of amides is 1. The Balaban J connectivity index is 1.77. The summed E-state index contributed by atoms with van der Waals surface area (Å²) in [7, 11) is 5.93. The number of anilines is 1. The lowest BCUT2D eigenvalue weighted by molar-refractivity contribution is -0.118. The molecule has 1 amide bonds. The van der Waals surface area contributed by atoms with E-state index in [9.17, 15) is 4.79 Å². The van der Waals surface area contributed by atoms with Gasteiger partial charge in [-0.25, -0.2) is 4.98 Å². The van der Waals surface area contributed by atoms with Crippen LogP contribution in [-0.4, -0.2) is 35.3 Å². The molecule has 6 heteroatoms. The summed E-state index contributed by atoms with van der Waals surface area (Å²) in [6, 6.07) is 8.15. The molecule has 0 fully saturated rings. The highest BCUT2D eigenvalue weighted by Crippen LogP contribution is 2.14. The van der Waals surface area contributed by atoms with Crippen LogP contribution < -0.4 is 10.2 Å². The molecule has 0 saturated carbocycles. The number of carbonyl (C=O) groups excluding carboxylic acids is 1. The van der Waals surface area contributed by atoms with E-state index in [0.717, 1.165) is 16.4 Å². The monoisotopic (exact) mass is 304 g/mol. The molecule has 0 saturated heterocycles. The van der Waals surface area contributed by atoms with E-state index >= 15 is 0 Å². The first-order valence-electron chi connectivity index (χ1n) is 6.69. The first kappa shape index (κ1) is 15.4. The Hall–Kier alpha value is -1.95. The molecule has 0 radical (unpaired) electrons. The van der Waals surface area contributed by atoms with Crippen molar-refractivity contribution in [3.63, 3.8) is 0 Å². The third kappa shape index (κ3) is 4.53. The Bertz CT molecular complexity index is 592. The van der Waals surface area contributed by atoms with E-state index in [1.165, 1.54) is 11.8 Å². The number of benzene rings is 1. The highest BCUT2D eigenvalue weighted by Gasteiger charge is 2.06. The van der Waals surface area contributed by atoms with Crippen LogP contribution in [0.5, 0.6) is 0 Å². The lowest BCUT2D eigenvalue weighted by Crippen LogP contribution is -2.24. The number of thioether (sulfide) groups is 1. The molecule has 21 heavy (non-hydrogen) atoms. The summed E-state index contributed by atoms with van der Waals surface area (Å²) in [6.45, 7) is 0.549. The average Bonchev–Trinajstić information content (AvgIpc) is 2.88. The molecule has 1 aromatic carbocycles. The minimum Gasteiger partial charge on any atom is -0.378 e. The van der Waals surface area contributed by atoms with Crippen molar-refractivity contribution >= 4 is 23.4 Å². The van der Waals surface area contributed by atoms with Crippen molar-refractivity contribution in [3.8, 4) is 0 Å². The van der Waals surface area contributed by atoms with Gasteiger partial charge in [0, 0.05) is 45.8 Å². The van der Waals surface area contributed by atoms with Crippen molar-refractivity contribution in [3.05, 3.63) is 42.2 Å². The predicted octanol–water partition coefficient (Wildman–Crippen LogP) is 1.89. The molecule has 0 atom stereocenters. The summed E-state index contributed by atoms with van der Waals surface area (Å²) in [4.78, 5) is 18.0. The maximum Gasteiger partial charge on any atom is 0.230 e. The summed E-state index contributed by atoms with van der Waals surface area (Å²) in [5, 5.41) is 3.77. The van der Waals surface area contributed by atoms with Crippen LogP contribution in [0.25, 0.3) is 0 Å². The maximum absolute atomic E-state index is 11.8. The molecule has 0 aliphatic heterocycles. The topological polar surface area (TPSA) is 50.2 Å². The highest BCUT2D eigenvalue weighted by atomic mass is 32.2. The first-order valence-corrected chi connectivity index (χ1v) is 7.68. The number of carbonyl (C=O) groups is 1. The molecule has 0 aliphatic rings. The van der Waals surface area contributed by atoms with E-state index in [-0.39, 0.29) is 5.91 Å². The molecule has 2 aromatic rings. The normalized spacial score (nSPS) is 10.4. The molecule has 0 spiro atoms. The second-order valence-corrected chi connectivity index (χ2v) is 5.89. The van der Waals surface area contributed by atoms with Gasteiger partial charge in [0.05, 0.1) is 5.75 Å². The third-order valence-electron chi connectivity index (χ3n) is 3.05. The quantitative estimate of drug-likeness (QED) is 0.828. The number of nitrogens with zero attached hydrogens (tertiary/aromatic N) is 3. The van der Waals surface area contributed by atoms with E-state index in [1.54, 1.807) is 6.20 Å². The molecule has 0 bridgehead atoms. The molecule has 1 aromatic heterocycles. The third-order valence-corrected chi connectivity index (χ3v) is 4.11. The zero-order valence-corrected chi connectivity index (χ0v) is 13.4. The van der Waals surface area contributed by atoms with E-state index in [0.29, 0.717) is 12.3 Å². The summed E-state index contributed by atoms with van der Waals surface area (Å²) in [5.41, 5.74) is 2.24. The Morgan fingerprint density at radius 2 is 2.05 bits per heavy atom. The fraction of sp³-hybridized carbons (Fsp3) is 0.333. The van der Waals surface area contributed by atoms with Crippen LogP contribution in [0.3, 0.4) is 0 Å². The van der Waals surface area contributed by atoms with Gasteiger partial charge in [-0.2, -0.15) is 0 Å². The zero-order chi connectivity index (χ0) is 15.2. The Morgan fingerprint density at radius 1 is 1.33 bits per heavy atom. The minimum absolute atomic E-state index is 0.0136. The van der Waals surface area contributed by atoms with Crippen LogP contribution in [0.15, 0.2) is 41.8 Å². The molecule has 0 unspecified atom stereocenters. The van der Waals surface area contributed by atoms with E-state index < -0.39 is 0 Å². The largest absolute Gasteiger partial charge is 0.378 e. The van der Waals surface area contributed by atoms with Crippen LogP contribution in [0.1, 0.15) is 5.56 Å². The van der Waals surface area contributed by atoms with Gasteiger partial charge in [0.15, 0.2) is 5.16 Å². The van der Waals surface area contributed by atoms with E-state index in [1.807, 2.05) is 61.1 Å². The van der Waals surface area contributed by atoms with Crippen LogP contribution in [0.2, 0.25) is 0 Å². The number of hydrogen-bond acceptors (Lipinski definition) is 4. The number of hydrogen-bond donors (Lipinski definition) is 1. The van der Waals surface area contributed by atoms with Crippen LogP contribution in [-0.2, 0) is 18.4 Å². The average molecular weight is 304 g/mol. The van der Waals surface area contributed by atoms with E-state index in [4.69, 9.17) is 0 Å². The molecule has 2 rings (SSSR count). The van der Waals surface area contributed by atoms with Gasteiger partial charge >= 0.3 is 0 Å². The summed E-state index contributed by atoms with van der Waals surface area (Å²) in [6.07, 6.45) is 3.60. The van der Waals surface area contributed by atoms with Crippen LogP contribution >= 0.6 is 11.8 Å². The smallest absolute Gasteiger partial charge is 0.230 e. The molecule has 1 N–H and O–H groups in total. The van der Waals surface area contributed by atoms with Gasteiger partial charge in [0.2, 0.25) is 5.91 Å². The number of imidazole rings is 1. The molecular formula is C15H20N4OS. The Morgan fingerprint density at radius 3 is 2.62 bits per heavy atom. The lowest BCUT2D eigenvalue weighted by atomic mass is 10.2. The minimum atomic E-state index is 0.0136. The second kappa shape index (κ2) is 7.17. The summed E-state index contributed by atoms with van der Waals surface area (Å²) in [5.74, 6) is 0.389. The SMILES string of the molecule is CN(C)c1ccc(CNC(=O)CSc2nccn2C)cc1. The van der Waals surface area contributed by atoms with Gasteiger partial charge in [-0.3, -0.25) is 4.79 Å². The fourth-order valence-electron chi connectivity index (χ4n) is 1.78. The van der Waals surface area contributed by atoms with Crippen molar-refractivity contribution in [2.75, 3.05) is 24.7 Å². The summed E-state index contributed by atoms with van der Waals surface area (Å²) >= 11 is 1.44. The standard InChI is InChI=1S/C15H20N4OS/c1-18(2)13-6-4-12(5-7-13)10-17-14(20)11-21-15-16-8-9-19(15)3/h4-9H,10-11H2,1-3H3,(H,17,20). The molecule has 1 heterocycles. The van der Waals surface area contributed by atoms with Crippen molar-refractivity contribution < 1.29 is 4.79 Å². The zero-order valence-electron chi connectivity index (χ0n) is 12.5. The second-order valence-electron chi connectivity index (χ2n) is 4.95. The van der Waals surface area contributed by atoms with E-state index in [2.05, 4.69) is 10.3 Å². The maximum atomic E-state index is 11.8. The Labute approximate surface area is 129 Å². The van der Waals surface area contributed by atoms with Crippen LogP contribution in [0, 0.1) is 0 Å². The van der Waals surface area contributed by atoms with Gasteiger partial charge in [-0.15, -0.1) is 0 Å². The highest BCUT2D eigenvalue weighted by molar-refractivity contribution is 7.99. The number of rotatable bonds is 6. The number of aryl methyl sites for hydroxylation is 1. The van der Waals surface area contributed by atoms with Gasteiger partial charge < -0.3 is 14.8 Å². The molecule has 112 valence electrons. The summed E-state index contributed by atoms with van der Waals surface area (Å²) < 4.78 is 1.90. The van der Waals surface area contributed by atoms with Gasteiger partial charge in [-0.1, -0.05) is 23.9 Å². The van der Waals surface area contributed by atoms with Crippen molar-refractivity contribution in [2.45, 2.75) is 11.7 Å². The molecular weight excluding hydrogens is 284 g/mol. The number of aromatic nitrogens is 2. The molecule has 5 nitrogen and oxygen atoms in total. The van der Waals surface area contributed by atoms with Crippen molar-refractivity contribution in [2.24, 2.45) is 7.05 Å². The van der Waals surface area contributed by atoms with Gasteiger partial charge in [0.1, 0.15) is 0 Å². The molecule has 0 aliphatic carbocycles. The number of nitrogens with one attached hydrogen (secondary N) is 1. The van der Waals surface area contributed by atoms with Crippen LogP contribution in [0.4, 0.5) is 5.69 Å². The van der Waals surface area contributed by atoms with Crippen molar-refractivity contribution in [1.82, 2.24) is 14.9 Å². The van der Waals surface area contributed by atoms with Gasteiger partial charge in [-0.05, 0) is 17.7 Å².